The van der Waals surface area contributed by atoms with Crippen molar-refractivity contribution in [2.24, 2.45) is 5.92 Å². The fourth-order valence-corrected chi connectivity index (χ4v) is 6.77. The number of carbonyl (C=O) groups is 1. The summed E-state index contributed by atoms with van der Waals surface area (Å²) in [4.78, 5) is 13.9. The maximum atomic E-state index is 13.9. The van der Waals surface area contributed by atoms with Gasteiger partial charge in [0.05, 0.1) is 26.2 Å². The van der Waals surface area contributed by atoms with Gasteiger partial charge in [-0.05, 0) is 41.3 Å². The highest BCUT2D eigenvalue weighted by atomic mass is 19.1. The van der Waals surface area contributed by atoms with Crippen molar-refractivity contribution in [2.45, 2.75) is 37.7 Å². The summed E-state index contributed by atoms with van der Waals surface area (Å²) in [5, 5.41) is 0. The Bertz CT molecular complexity index is 1290. The summed E-state index contributed by atoms with van der Waals surface area (Å²) in [6, 6.07) is 19.7. The summed E-state index contributed by atoms with van der Waals surface area (Å²) in [5.41, 5.74) is 3.41. The lowest BCUT2D eigenvalue weighted by atomic mass is 9.79. The van der Waals surface area contributed by atoms with E-state index in [9.17, 15) is 13.6 Å². The largest absolute Gasteiger partial charge is 0.490 e. The number of piperidine rings is 3. The molecule has 2 bridgehead atoms. The Labute approximate surface area is 216 Å². The Morgan fingerprint density at radius 1 is 0.973 bits per heavy atom. The number of hydrogen-bond acceptors (Lipinski definition) is 3. The number of quaternary nitrogens is 1. The predicted molar refractivity (Wildman–Crippen MR) is 137 cm³/mol. The van der Waals surface area contributed by atoms with Gasteiger partial charge in [-0.2, -0.15) is 0 Å². The molecule has 0 radical (unpaired) electrons. The van der Waals surface area contributed by atoms with Crippen molar-refractivity contribution in [3.63, 3.8) is 0 Å². The Morgan fingerprint density at radius 3 is 2.27 bits per heavy atom. The number of rotatable bonds is 7. The molecule has 1 aliphatic carbocycles. The highest BCUT2D eigenvalue weighted by molar-refractivity contribution is 5.97. The van der Waals surface area contributed by atoms with Crippen LogP contribution < -0.4 is 4.74 Å². The van der Waals surface area contributed by atoms with E-state index >= 15 is 0 Å². The van der Waals surface area contributed by atoms with Gasteiger partial charge in [0.2, 0.25) is 0 Å². The molecule has 37 heavy (non-hydrogen) atoms. The SMILES string of the molecule is CC1(C(=O)O[C@H]2C[N+]3(CCCOc4ccc(F)cc4F)CCC2CC3)c2ccccc2-c2ccccc21. The lowest BCUT2D eigenvalue weighted by Crippen LogP contribution is -2.65. The van der Waals surface area contributed by atoms with Gasteiger partial charge in [0, 0.05) is 31.2 Å². The minimum atomic E-state index is -0.822. The van der Waals surface area contributed by atoms with E-state index in [1.54, 1.807) is 0 Å². The normalized spacial score (nSPS) is 24.8. The van der Waals surface area contributed by atoms with Crippen LogP contribution in [0.4, 0.5) is 8.78 Å². The van der Waals surface area contributed by atoms with Gasteiger partial charge in [-0.3, -0.25) is 4.79 Å². The van der Waals surface area contributed by atoms with Gasteiger partial charge < -0.3 is 14.0 Å². The van der Waals surface area contributed by atoms with Gasteiger partial charge in [-0.1, -0.05) is 48.5 Å². The molecule has 192 valence electrons. The first-order valence-electron chi connectivity index (χ1n) is 13.2. The van der Waals surface area contributed by atoms with Crippen LogP contribution in [0, 0.1) is 17.6 Å². The van der Waals surface area contributed by atoms with Crippen LogP contribution in [-0.2, 0) is 14.9 Å². The molecule has 0 aromatic heterocycles. The van der Waals surface area contributed by atoms with Crippen LogP contribution in [0.5, 0.6) is 5.75 Å². The Kier molecular flexibility index (Phi) is 6.03. The number of halogens is 2. The summed E-state index contributed by atoms with van der Waals surface area (Å²) in [5.74, 6) is -0.989. The highest BCUT2D eigenvalue weighted by Gasteiger charge is 2.51. The van der Waals surface area contributed by atoms with Crippen LogP contribution in [0.3, 0.4) is 0 Å². The van der Waals surface area contributed by atoms with Crippen molar-refractivity contribution < 1.29 is 27.5 Å². The molecule has 7 rings (SSSR count). The molecule has 0 N–H and O–H groups in total. The molecule has 3 fully saturated rings. The topological polar surface area (TPSA) is 35.5 Å². The third kappa shape index (κ3) is 4.11. The fraction of sp³-hybridized carbons (Fsp3) is 0.387. The summed E-state index contributed by atoms with van der Waals surface area (Å²) < 4.78 is 39.9. The molecule has 3 aromatic rings. The summed E-state index contributed by atoms with van der Waals surface area (Å²) >= 11 is 0. The van der Waals surface area contributed by atoms with E-state index in [4.69, 9.17) is 9.47 Å². The van der Waals surface area contributed by atoms with Crippen LogP contribution in [0.15, 0.2) is 66.7 Å². The van der Waals surface area contributed by atoms with Gasteiger partial charge in [-0.15, -0.1) is 0 Å². The second kappa shape index (κ2) is 9.25. The monoisotopic (exact) mass is 504 g/mol. The third-order valence-electron chi connectivity index (χ3n) is 8.86. The highest BCUT2D eigenvalue weighted by Crippen LogP contribution is 2.50. The fourth-order valence-electron chi connectivity index (χ4n) is 6.77. The van der Waals surface area contributed by atoms with Crippen LogP contribution in [0.1, 0.15) is 37.3 Å². The molecule has 0 saturated carbocycles. The third-order valence-corrected chi connectivity index (χ3v) is 8.86. The first-order chi connectivity index (χ1) is 17.9. The molecule has 4 aliphatic rings. The van der Waals surface area contributed by atoms with E-state index in [1.807, 2.05) is 43.3 Å². The summed E-state index contributed by atoms with van der Waals surface area (Å²) in [6.45, 7) is 6.17. The van der Waals surface area contributed by atoms with Crippen molar-refractivity contribution in [3.05, 3.63) is 89.5 Å². The quantitative estimate of drug-likeness (QED) is 0.229. The number of fused-ring (bicyclic) bond motifs is 6. The second-order valence-corrected chi connectivity index (χ2v) is 11.0. The number of benzene rings is 3. The Balaban J connectivity index is 1.14. The Hall–Kier alpha value is -3.25. The molecule has 3 saturated heterocycles. The van der Waals surface area contributed by atoms with Gasteiger partial charge >= 0.3 is 5.97 Å². The molecular formula is C31H32F2NO3+. The summed E-state index contributed by atoms with van der Waals surface area (Å²) in [6.07, 6.45) is 2.72. The molecule has 0 amide bonds. The molecule has 4 nitrogen and oxygen atoms in total. The van der Waals surface area contributed by atoms with E-state index in [-0.39, 0.29) is 17.8 Å². The van der Waals surface area contributed by atoms with Crippen molar-refractivity contribution in [3.8, 4) is 16.9 Å². The van der Waals surface area contributed by atoms with Crippen molar-refractivity contribution in [1.29, 1.82) is 0 Å². The van der Waals surface area contributed by atoms with E-state index in [2.05, 4.69) is 12.1 Å². The number of ether oxygens (including phenoxy) is 2. The minimum absolute atomic E-state index is 0.0796. The van der Waals surface area contributed by atoms with Crippen LogP contribution in [0.2, 0.25) is 0 Å². The zero-order valence-corrected chi connectivity index (χ0v) is 21.1. The predicted octanol–water partition coefficient (Wildman–Crippen LogP) is 5.87. The average molecular weight is 505 g/mol. The number of carbonyl (C=O) groups excluding carboxylic acids is 1. The average Bonchev–Trinajstić information content (AvgIpc) is 3.18. The smallest absolute Gasteiger partial charge is 0.321 e. The molecule has 3 aromatic carbocycles. The lowest BCUT2D eigenvalue weighted by Gasteiger charge is -2.52. The van der Waals surface area contributed by atoms with Crippen molar-refractivity contribution in [1.82, 2.24) is 0 Å². The van der Waals surface area contributed by atoms with Gasteiger partial charge in [-0.25, -0.2) is 8.78 Å². The molecule has 0 spiro atoms. The first-order valence-corrected chi connectivity index (χ1v) is 13.2. The second-order valence-electron chi connectivity index (χ2n) is 11.0. The summed E-state index contributed by atoms with van der Waals surface area (Å²) in [7, 11) is 0. The van der Waals surface area contributed by atoms with Crippen LogP contribution in [0.25, 0.3) is 11.1 Å². The minimum Gasteiger partial charge on any atom is -0.490 e. The van der Waals surface area contributed by atoms with E-state index < -0.39 is 17.0 Å². The van der Waals surface area contributed by atoms with Gasteiger partial charge in [0.25, 0.3) is 0 Å². The molecular weight excluding hydrogens is 472 g/mol. The van der Waals surface area contributed by atoms with Gasteiger partial charge in [0.15, 0.2) is 17.7 Å². The van der Waals surface area contributed by atoms with E-state index in [1.165, 1.54) is 12.1 Å². The maximum absolute atomic E-state index is 13.9. The maximum Gasteiger partial charge on any atom is 0.321 e. The zero-order chi connectivity index (χ0) is 25.6. The first kappa shape index (κ1) is 24.1. The van der Waals surface area contributed by atoms with E-state index in [0.717, 1.165) is 78.2 Å². The molecule has 1 atom stereocenters. The number of esters is 1. The van der Waals surface area contributed by atoms with E-state index in [0.29, 0.717) is 12.5 Å². The lowest BCUT2D eigenvalue weighted by molar-refractivity contribution is -0.946. The van der Waals surface area contributed by atoms with Crippen LogP contribution >= 0.6 is 0 Å². The molecule has 0 unspecified atom stereocenters. The number of hydrogen-bond donors (Lipinski definition) is 0. The standard InChI is InChI=1S/C31H32F2NO3/c1-31(25-9-4-2-7-23(25)24-8-3-5-10-26(24)31)30(35)37-29-20-34(16-13-21(29)14-17-34)15-6-18-36-28-12-11-22(32)19-27(28)33/h2-5,7-12,19,21,29H,6,13-18,20H2,1H3/q+1/t21?,29-,34?/m0/s1. The van der Waals surface area contributed by atoms with Crippen molar-refractivity contribution in [2.75, 3.05) is 32.8 Å². The molecule has 3 heterocycles. The van der Waals surface area contributed by atoms with Crippen LogP contribution in [-0.4, -0.2) is 49.3 Å². The van der Waals surface area contributed by atoms with Crippen molar-refractivity contribution >= 4 is 5.97 Å². The number of nitrogens with zero attached hydrogens (tertiary/aromatic N) is 1. The van der Waals surface area contributed by atoms with Gasteiger partial charge in [0.1, 0.15) is 17.8 Å². The molecule has 6 heteroatoms. The zero-order valence-electron chi connectivity index (χ0n) is 21.1. The molecule has 3 aliphatic heterocycles. The Morgan fingerprint density at radius 2 is 1.62 bits per heavy atom.